The molecule has 1 aromatic carbocycles. The third kappa shape index (κ3) is 6.67. The number of aromatic amines is 1. The predicted octanol–water partition coefficient (Wildman–Crippen LogP) is 3.87. The minimum absolute atomic E-state index is 0. The number of rotatable bonds is 10. The first-order chi connectivity index (χ1) is 18.2. The Kier molecular flexibility index (Phi) is 8.62. The second-order valence-corrected chi connectivity index (χ2v) is 11.4. The summed E-state index contributed by atoms with van der Waals surface area (Å²) < 4.78 is 53.0. The van der Waals surface area contributed by atoms with Gasteiger partial charge in [-0.3, -0.25) is 9.89 Å². The summed E-state index contributed by atoms with van der Waals surface area (Å²) in [4.78, 5) is 19.9. The number of piperidine rings is 1. The lowest BCUT2D eigenvalue weighted by molar-refractivity contribution is 0.0981. The van der Waals surface area contributed by atoms with Crippen molar-refractivity contribution in [3.63, 3.8) is 0 Å². The number of sulfonamides is 1. The van der Waals surface area contributed by atoms with Gasteiger partial charge < -0.3 is 14.4 Å². The van der Waals surface area contributed by atoms with E-state index in [1.807, 2.05) is 18.7 Å². The summed E-state index contributed by atoms with van der Waals surface area (Å²) in [5.41, 5.74) is 0.992. The molecule has 3 heterocycles. The molecule has 2 N–H and O–H groups in total. The smallest absolute Gasteiger partial charge is 0.281 e. The highest BCUT2D eigenvalue weighted by Crippen LogP contribution is 2.31. The third-order valence-corrected chi connectivity index (χ3v) is 7.34. The Bertz CT molecular complexity index is 1370. The van der Waals surface area contributed by atoms with E-state index in [2.05, 4.69) is 14.9 Å². The summed E-state index contributed by atoms with van der Waals surface area (Å²) in [5, 5.41) is 5.76. The van der Waals surface area contributed by atoms with E-state index >= 15 is 0 Å². The number of nitrogens with one attached hydrogen (secondary N) is 2. The number of carbonyl (C=O) groups excluding carboxylic acids is 1. The molecule has 1 unspecified atom stereocenters. The molecule has 12 heteroatoms. The maximum atomic E-state index is 14.5. The van der Waals surface area contributed by atoms with Crippen molar-refractivity contribution >= 4 is 21.7 Å². The van der Waals surface area contributed by atoms with Gasteiger partial charge in [0, 0.05) is 33.3 Å². The number of amides is 1. The molecule has 1 fully saturated rings. The number of anilines is 1. The van der Waals surface area contributed by atoms with Crippen molar-refractivity contribution in [2.75, 3.05) is 38.3 Å². The van der Waals surface area contributed by atoms with Crippen molar-refractivity contribution in [2.24, 2.45) is 11.8 Å². The van der Waals surface area contributed by atoms with E-state index < -0.39 is 21.7 Å². The summed E-state index contributed by atoms with van der Waals surface area (Å²) in [6, 6.07) is 8.69. The van der Waals surface area contributed by atoms with Crippen molar-refractivity contribution in [1.29, 1.82) is 0 Å². The average Bonchev–Trinajstić information content (AvgIpc) is 3.43. The van der Waals surface area contributed by atoms with Gasteiger partial charge in [0.1, 0.15) is 17.4 Å². The molecule has 4 rings (SSSR count). The molecule has 2 aromatic heterocycles. The fourth-order valence-electron chi connectivity index (χ4n) is 4.34. The number of hydrogen-bond donors (Lipinski definition) is 2. The van der Waals surface area contributed by atoms with E-state index in [9.17, 15) is 17.6 Å². The first-order valence-corrected chi connectivity index (χ1v) is 13.9. The summed E-state index contributed by atoms with van der Waals surface area (Å²) in [6.07, 6.45) is 3.09. The molecular formula is C26H34FN5O5S. The van der Waals surface area contributed by atoms with Crippen LogP contribution in [0.4, 0.5) is 10.2 Å². The lowest BCUT2D eigenvalue weighted by Gasteiger charge is -2.34. The second-order valence-electron chi connectivity index (χ2n) is 9.71. The number of hydrogen-bond acceptors (Lipinski definition) is 8. The van der Waals surface area contributed by atoms with Crippen LogP contribution in [0.3, 0.4) is 0 Å². The lowest BCUT2D eigenvalue weighted by Crippen LogP contribution is -2.39. The van der Waals surface area contributed by atoms with Gasteiger partial charge in [-0.05, 0) is 55.0 Å². The molecule has 1 atom stereocenters. The number of aromatic nitrogens is 3. The SMILES string of the molecule is COCC1CCCN(c2nc(-c3cc(F)cc(OCC(C)C)c3)ccc2C(=O)NS(=O)(=O)c2ccn[nH]2)C1.[HH]. The van der Waals surface area contributed by atoms with Crippen molar-refractivity contribution in [1.82, 2.24) is 19.9 Å². The molecule has 0 bridgehead atoms. The molecule has 0 radical (unpaired) electrons. The van der Waals surface area contributed by atoms with Gasteiger partial charge >= 0.3 is 0 Å². The highest BCUT2D eigenvalue weighted by atomic mass is 32.2. The minimum atomic E-state index is -4.17. The van der Waals surface area contributed by atoms with Crippen LogP contribution in [-0.4, -0.2) is 62.9 Å². The van der Waals surface area contributed by atoms with Crippen LogP contribution in [0.2, 0.25) is 0 Å². The van der Waals surface area contributed by atoms with Crippen molar-refractivity contribution in [2.45, 2.75) is 31.7 Å². The van der Waals surface area contributed by atoms with E-state index in [1.165, 1.54) is 30.5 Å². The number of ether oxygens (including phenoxy) is 2. The van der Waals surface area contributed by atoms with Gasteiger partial charge in [-0.2, -0.15) is 13.5 Å². The average molecular weight is 548 g/mol. The summed E-state index contributed by atoms with van der Waals surface area (Å²) in [5.74, 6) is -0.134. The Morgan fingerprint density at radius 1 is 1.29 bits per heavy atom. The first-order valence-electron chi connectivity index (χ1n) is 12.4. The van der Waals surface area contributed by atoms with Gasteiger partial charge in [-0.1, -0.05) is 13.8 Å². The molecular weight excluding hydrogens is 513 g/mol. The highest BCUT2D eigenvalue weighted by molar-refractivity contribution is 7.90. The molecule has 0 spiro atoms. The van der Waals surface area contributed by atoms with E-state index in [0.717, 1.165) is 12.8 Å². The zero-order valence-corrected chi connectivity index (χ0v) is 22.4. The van der Waals surface area contributed by atoms with Crippen LogP contribution in [0, 0.1) is 17.7 Å². The van der Waals surface area contributed by atoms with E-state index in [4.69, 9.17) is 14.5 Å². The Labute approximate surface area is 223 Å². The largest absolute Gasteiger partial charge is 0.493 e. The lowest BCUT2D eigenvalue weighted by atomic mass is 9.98. The molecule has 206 valence electrons. The van der Waals surface area contributed by atoms with E-state index in [1.54, 1.807) is 19.2 Å². The number of H-pyrrole nitrogens is 1. The van der Waals surface area contributed by atoms with E-state index in [0.29, 0.717) is 49.1 Å². The molecule has 1 aliphatic heterocycles. The van der Waals surface area contributed by atoms with Crippen LogP contribution in [0.15, 0.2) is 47.6 Å². The Morgan fingerprint density at radius 3 is 2.82 bits per heavy atom. The maximum absolute atomic E-state index is 14.5. The molecule has 1 saturated heterocycles. The quantitative estimate of drug-likeness (QED) is 0.392. The van der Waals surface area contributed by atoms with Crippen LogP contribution in [0.5, 0.6) is 5.75 Å². The Morgan fingerprint density at radius 2 is 2.11 bits per heavy atom. The molecule has 1 aliphatic rings. The molecule has 38 heavy (non-hydrogen) atoms. The first kappa shape index (κ1) is 27.5. The standard InChI is InChI=1S/C26H32FN5O5S.H2/c1-17(2)15-37-21-12-19(11-20(27)13-21)23-7-6-22(26(33)31-38(34,35)24-8-9-28-30-24)25(29-23)32-10-4-5-18(14-32)16-36-3;/h6-9,11-13,17-18H,4-5,10,14-16H2,1-3H3,(H,28,30)(H,31,33);1H. The Balaban J connectivity index is 0.00000420. The number of benzene rings is 1. The number of carbonyl (C=O) groups is 1. The molecule has 1 amide bonds. The van der Waals surface area contributed by atoms with Gasteiger partial charge in [0.15, 0.2) is 5.03 Å². The minimum Gasteiger partial charge on any atom is -0.493 e. The van der Waals surface area contributed by atoms with Crippen LogP contribution in [0.1, 0.15) is 38.5 Å². The van der Waals surface area contributed by atoms with Crippen LogP contribution >= 0.6 is 0 Å². The maximum Gasteiger partial charge on any atom is 0.281 e. The molecule has 0 saturated carbocycles. The topological polar surface area (TPSA) is 127 Å². The fourth-order valence-corrected chi connectivity index (χ4v) is 5.22. The fraction of sp³-hybridized carbons (Fsp3) is 0.423. The van der Waals surface area contributed by atoms with Gasteiger partial charge in [0.25, 0.3) is 15.9 Å². The summed E-state index contributed by atoms with van der Waals surface area (Å²) in [7, 11) is -2.53. The third-order valence-electron chi connectivity index (χ3n) is 6.08. The molecule has 0 aliphatic carbocycles. The van der Waals surface area contributed by atoms with Crippen LogP contribution in [0.25, 0.3) is 11.3 Å². The Hall–Kier alpha value is -3.51. The van der Waals surface area contributed by atoms with Crippen molar-refractivity contribution in [3.05, 3.63) is 54.0 Å². The van der Waals surface area contributed by atoms with Gasteiger partial charge in [-0.25, -0.2) is 14.1 Å². The highest BCUT2D eigenvalue weighted by Gasteiger charge is 2.28. The van der Waals surface area contributed by atoms with Crippen LogP contribution in [-0.2, 0) is 14.8 Å². The molecule has 10 nitrogen and oxygen atoms in total. The van der Waals surface area contributed by atoms with E-state index in [-0.39, 0.29) is 23.9 Å². The van der Waals surface area contributed by atoms with Gasteiger partial charge in [-0.15, -0.1) is 0 Å². The van der Waals surface area contributed by atoms with Gasteiger partial charge in [0.2, 0.25) is 0 Å². The monoisotopic (exact) mass is 547 g/mol. The van der Waals surface area contributed by atoms with Gasteiger partial charge in [0.05, 0.1) is 30.7 Å². The number of halogens is 1. The summed E-state index contributed by atoms with van der Waals surface area (Å²) >= 11 is 0. The second kappa shape index (κ2) is 11.9. The zero-order chi connectivity index (χ0) is 27.3. The zero-order valence-electron chi connectivity index (χ0n) is 21.6. The molecule has 3 aromatic rings. The number of methoxy groups -OCH3 is 1. The number of pyridine rings is 1. The normalized spacial score (nSPS) is 16.0. The van der Waals surface area contributed by atoms with Crippen LogP contribution < -0.4 is 14.4 Å². The van der Waals surface area contributed by atoms with Crippen molar-refractivity contribution < 1.29 is 28.5 Å². The summed E-state index contributed by atoms with van der Waals surface area (Å²) in [6.45, 7) is 6.17. The number of nitrogens with zero attached hydrogens (tertiary/aromatic N) is 3. The predicted molar refractivity (Wildman–Crippen MR) is 142 cm³/mol. The van der Waals surface area contributed by atoms with Crippen molar-refractivity contribution in [3.8, 4) is 17.0 Å².